The standard InChI is InChI=1S/C12H18N4O4S/c17-10(6-8-3-5-21(18,19)7-8)14-12-16-15-11(20-12)9-2-1-4-13-9/h8-9,13H,1-7H2,(H,14,16,17). The Labute approximate surface area is 122 Å². The van der Waals surface area contributed by atoms with E-state index in [9.17, 15) is 13.2 Å². The van der Waals surface area contributed by atoms with E-state index in [2.05, 4.69) is 20.8 Å². The van der Waals surface area contributed by atoms with Crippen LogP contribution in [0.15, 0.2) is 4.42 Å². The SMILES string of the molecule is O=C(CC1CCS(=O)(=O)C1)Nc1nnc(C2CCCN2)o1. The maximum Gasteiger partial charge on any atom is 0.322 e. The molecule has 0 bridgehead atoms. The number of hydrogen-bond donors (Lipinski definition) is 2. The van der Waals surface area contributed by atoms with Crippen molar-refractivity contribution in [3.8, 4) is 0 Å². The van der Waals surface area contributed by atoms with Crippen LogP contribution in [0.3, 0.4) is 0 Å². The quantitative estimate of drug-likeness (QED) is 0.819. The molecule has 0 spiro atoms. The highest BCUT2D eigenvalue weighted by Gasteiger charge is 2.30. The maximum absolute atomic E-state index is 11.9. The molecule has 116 valence electrons. The molecule has 2 saturated heterocycles. The Balaban J connectivity index is 1.53. The van der Waals surface area contributed by atoms with E-state index in [0.717, 1.165) is 19.4 Å². The van der Waals surface area contributed by atoms with Gasteiger partial charge in [-0.3, -0.25) is 10.1 Å². The Hall–Kier alpha value is -1.48. The van der Waals surface area contributed by atoms with Crippen LogP contribution in [0, 0.1) is 5.92 Å². The molecule has 0 aromatic carbocycles. The molecule has 0 aliphatic carbocycles. The normalized spacial score (nSPS) is 27.8. The molecule has 1 amide bonds. The summed E-state index contributed by atoms with van der Waals surface area (Å²) in [4.78, 5) is 11.9. The molecule has 2 aliphatic rings. The van der Waals surface area contributed by atoms with Gasteiger partial charge in [-0.1, -0.05) is 5.10 Å². The summed E-state index contributed by atoms with van der Waals surface area (Å²) in [6.07, 6.45) is 2.70. The van der Waals surface area contributed by atoms with E-state index in [1.165, 1.54) is 0 Å². The maximum atomic E-state index is 11.9. The van der Waals surface area contributed by atoms with Gasteiger partial charge in [-0.25, -0.2) is 8.42 Å². The molecular weight excluding hydrogens is 296 g/mol. The fourth-order valence-electron chi connectivity index (χ4n) is 2.79. The zero-order valence-electron chi connectivity index (χ0n) is 11.5. The average molecular weight is 314 g/mol. The van der Waals surface area contributed by atoms with E-state index < -0.39 is 9.84 Å². The van der Waals surface area contributed by atoms with Crippen molar-refractivity contribution < 1.29 is 17.6 Å². The third kappa shape index (κ3) is 3.59. The van der Waals surface area contributed by atoms with E-state index in [1.54, 1.807) is 0 Å². The lowest BCUT2D eigenvalue weighted by Crippen LogP contribution is -2.17. The minimum atomic E-state index is -2.96. The second kappa shape index (κ2) is 5.72. The molecule has 21 heavy (non-hydrogen) atoms. The van der Waals surface area contributed by atoms with Crippen molar-refractivity contribution >= 4 is 21.8 Å². The number of amides is 1. The van der Waals surface area contributed by atoms with Gasteiger partial charge >= 0.3 is 6.01 Å². The Morgan fingerprint density at radius 1 is 1.38 bits per heavy atom. The van der Waals surface area contributed by atoms with Gasteiger partial charge < -0.3 is 9.73 Å². The highest BCUT2D eigenvalue weighted by molar-refractivity contribution is 7.91. The van der Waals surface area contributed by atoms with Gasteiger partial charge in [-0.05, 0) is 31.7 Å². The van der Waals surface area contributed by atoms with E-state index in [-0.39, 0.29) is 41.8 Å². The van der Waals surface area contributed by atoms with E-state index >= 15 is 0 Å². The topological polar surface area (TPSA) is 114 Å². The van der Waals surface area contributed by atoms with Gasteiger partial charge in [-0.15, -0.1) is 5.10 Å². The van der Waals surface area contributed by atoms with Crippen molar-refractivity contribution in [2.75, 3.05) is 23.4 Å². The summed E-state index contributed by atoms with van der Waals surface area (Å²) >= 11 is 0. The average Bonchev–Trinajstić information content (AvgIpc) is 3.09. The summed E-state index contributed by atoms with van der Waals surface area (Å²) in [5.41, 5.74) is 0. The number of hydrogen-bond acceptors (Lipinski definition) is 7. The van der Waals surface area contributed by atoms with Gasteiger partial charge in [0.05, 0.1) is 17.5 Å². The molecule has 2 aliphatic heterocycles. The van der Waals surface area contributed by atoms with Gasteiger partial charge in [0.2, 0.25) is 11.8 Å². The largest absolute Gasteiger partial charge is 0.406 e. The number of nitrogens with zero attached hydrogens (tertiary/aromatic N) is 2. The minimum Gasteiger partial charge on any atom is -0.406 e. The highest BCUT2D eigenvalue weighted by atomic mass is 32.2. The number of carbonyl (C=O) groups is 1. The number of rotatable bonds is 4. The molecule has 3 rings (SSSR count). The fourth-order valence-corrected chi connectivity index (χ4v) is 4.65. The molecule has 2 unspecified atom stereocenters. The van der Waals surface area contributed by atoms with Crippen LogP contribution >= 0.6 is 0 Å². The van der Waals surface area contributed by atoms with Crippen LogP contribution < -0.4 is 10.6 Å². The molecule has 0 saturated carbocycles. The molecule has 3 heterocycles. The van der Waals surface area contributed by atoms with Gasteiger partial charge in [0.25, 0.3) is 0 Å². The summed E-state index contributed by atoms with van der Waals surface area (Å²) < 4.78 is 28.1. The predicted molar refractivity (Wildman–Crippen MR) is 74.3 cm³/mol. The number of aromatic nitrogens is 2. The summed E-state index contributed by atoms with van der Waals surface area (Å²) in [5, 5.41) is 13.5. The minimum absolute atomic E-state index is 0.0585. The van der Waals surface area contributed by atoms with E-state index in [1.807, 2.05) is 0 Å². The third-order valence-corrected chi connectivity index (χ3v) is 5.68. The van der Waals surface area contributed by atoms with Crippen molar-refractivity contribution in [1.29, 1.82) is 0 Å². The van der Waals surface area contributed by atoms with Crippen LogP contribution in [0.5, 0.6) is 0 Å². The summed E-state index contributed by atoms with van der Waals surface area (Å²) in [7, 11) is -2.96. The first-order valence-corrected chi connectivity index (χ1v) is 8.91. The molecule has 8 nitrogen and oxygen atoms in total. The number of anilines is 1. The zero-order valence-corrected chi connectivity index (χ0v) is 12.4. The van der Waals surface area contributed by atoms with Crippen LogP contribution in [-0.2, 0) is 14.6 Å². The highest BCUT2D eigenvalue weighted by Crippen LogP contribution is 2.24. The summed E-state index contributed by atoms with van der Waals surface area (Å²) in [6, 6.07) is 0.132. The molecule has 1 aromatic heterocycles. The van der Waals surface area contributed by atoms with Crippen molar-refractivity contribution in [3.63, 3.8) is 0 Å². The Morgan fingerprint density at radius 2 is 2.24 bits per heavy atom. The zero-order chi connectivity index (χ0) is 14.9. The van der Waals surface area contributed by atoms with E-state index in [4.69, 9.17) is 4.42 Å². The third-order valence-electron chi connectivity index (χ3n) is 3.85. The van der Waals surface area contributed by atoms with Gasteiger partial charge in [0.1, 0.15) is 0 Å². The van der Waals surface area contributed by atoms with Gasteiger partial charge in [-0.2, -0.15) is 0 Å². The van der Waals surface area contributed by atoms with Crippen molar-refractivity contribution in [3.05, 3.63) is 5.89 Å². The lowest BCUT2D eigenvalue weighted by atomic mass is 10.1. The molecule has 2 N–H and O–H groups in total. The molecule has 1 aromatic rings. The number of nitrogens with one attached hydrogen (secondary N) is 2. The molecule has 2 atom stereocenters. The fraction of sp³-hybridized carbons (Fsp3) is 0.750. The van der Waals surface area contributed by atoms with Crippen molar-refractivity contribution in [2.45, 2.75) is 31.7 Å². The second-order valence-electron chi connectivity index (χ2n) is 5.62. The second-order valence-corrected chi connectivity index (χ2v) is 7.84. The van der Waals surface area contributed by atoms with E-state index in [0.29, 0.717) is 12.3 Å². The smallest absolute Gasteiger partial charge is 0.322 e. The Bertz CT molecular complexity index is 621. The molecule has 0 radical (unpaired) electrons. The van der Waals surface area contributed by atoms with Gasteiger partial charge in [0.15, 0.2) is 9.84 Å². The molecular formula is C12H18N4O4S. The van der Waals surface area contributed by atoms with Crippen LogP contribution in [-0.4, -0.2) is 42.6 Å². The first kappa shape index (κ1) is 14.5. The van der Waals surface area contributed by atoms with Crippen LogP contribution in [0.4, 0.5) is 6.01 Å². The van der Waals surface area contributed by atoms with Crippen LogP contribution in [0.25, 0.3) is 0 Å². The monoisotopic (exact) mass is 314 g/mol. The lowest BCUT2D eigenvalue weighted by Gasteiger charge is -2.06. The Morgan fingerprint density at radius 3 is 2.90 bits per heavy atom. The summed E-state index contributed by atoms with van der Waals surface area (Å²) in [6.45, 7) is 0.922. The first-order chi connectivity index (χ1) is 10.0. The van der Waals surface area contributed by atoms with Gasteiger partial charge in [0, 0.05) is 6.42 Å². The first-order valence-electron chi connectivity index (χ1n) is 7.09. The van der Waals surface area contributed by atoms with Crippen molar-refractivity contribution in [1.82, 2.24) is 15.5 Å². The number of sulfone groups is 1. The lowest BCUT2D eigenvalue weighted by molar-refractivity contribution is -0.117. The van der Waals surface area contributed by atoms with Crippen LogP contribution in [0.2, 0.25) is 0 Å². The van der Waals surface area contributed by atoms with Crippen molar-refractivity contribution in [2.24, 2.45) is 5.92 Å². The molecule has 9 heteroatoms. The number of carbonyl (C=O) groups excluding carboxylic acids is 1. The summed E-state index contributed by atoms with van der Waals surface area (Å²) in [5.74, 6) is 0.330. The Kier molecular flexibility index (Phi) is 3.94. The predicted octanol–water partition coefficient (Wildman–Crippen LogP) is 0.257. The molecule has 2 fully saturated rings. The van der Waals surface area contributed by atoms with Crippen LogP contribution in [0.1, 0.15) is 37.6 Å².